The molecule has 0 saturated carbocycles. The van der Waals surface area contributed by atoms with E-state index in [-0.39, 0.29) is 5.69 Å². The van der Waals surface area contributed by atoms with Crippen molar-refractivity contribution in [1.82, 2.24) is 4.98 Å². The maximum absolute atomic E-state index is 13.4. The van der Waals surface area contributed by atoms with Gasteiger partial charge < -0.3 is 10.1 Å². The summed E-state index contributed by atoms with van der Waals surface area (Å²) < 4.78 is 5.45. The van der Waals surface area contributed by atoms with Crippen molar-refractivity contribution in [2.45, 2.75) is 19.3 Å². The number of hydrogen-bond donors (Lipinski definition) is 1. The summed E-state index contributed by atoms with van der Waals surface area (Å²) in [5.74, 6) is -1.19. The van der Waals surface area contributed by atoms with Crippen molar-refractivity contribution in [1.29, 1.82) is 5.26 Å². The zero-order valence-corrected chi connectivity index (χ0v) is 20.7. The monoisotopic (exact) mass is 518 g/mol. The van der Waals surface area contributed by atoms with Gasteiger partial charge in [-0.05, 0) is 72.4 Å². The largest absolute Gasteiger partial charge is 0.452 e. The second kappa shape index (κ2) is 10.9. The lowest BCUT2D eigenvalue weighted by atomic mass is 9.86. The van der Waals surface area contributed by atoms with Crippen LogP contribution in [0.15, 0.2) is 72.8 Å². The van der Waals surface area contributed by atoms with Gasteiger partial charge in [-0.25, -0.2) is 9.78 Å². The molecule has 9 nitrogen and oxygen atoms in total. The Balaban J connectivity index is 1.45. The maximum Gasteiger partial charge on any atom is 0.339 e. The third-order valence-corrected chi connectivity index (χ3v) is 6.48. The number of ether oxygens (including phenoxy) is 1. The Labute approximate surface area is 223 Å². The molecule has 0 aliphatic heterocycles. The van der Waals surface area contributed by atoms with E-state index in [0.717, 1.165) is 29.5 Å². The molecule has 39 heavy (non-hydrogen) atoms. The molecular weight excluding hydrogens is 496 g/mol. The Kier molecular flexibility index (Phi) is 7.10. The smallest absolute Gasteiger partial charge is 0.339 e. The minimum absolute atomic E-state index is 0.00972. The summed E-state index contributed by atoms with van der Waals surface area (Å²) in [4.78, 5) is 41.4. The summed E-state index contributed by atoms with van der Waals surface area (Å²) in [5.41, 5.74) is 4.77. The number of anilines is 1. The predicted molar refractivity (Wildman–Crippen MR) is 146 cm³/mol. The first-order chi connectivity index (χ1) is 18.9. The first-order valence-corrected chi connectivity index (χ1v) is 12.3. The average Bonchev–Trinajstić information content (AvgIpc) is 2.95. The van der Waals surface area contributed by atoms with E-state index in [0.29, 0.717) is 39.8 Å². The molecule has 1 heterocycles. The van der Waals surface area contributed by atoms with Crippen LogP contribution < -0.4 is 5.32 Å². The number of amides is 1. The number of rotatable bonds is 6. The van der Waals surface area contributed by atoms with Crippen LogP contribution in [-0.2, 0) is 16.0 Å². The molecule has 9 heteroatoms. The minimum Gasteiger partial charge on any atom is -0.452 e. The fourth-order valence-corrected chi connectivity index (χ4v) is 4.68. The Morgan fingerprint density at radius 2 is 1.79 bits per heavy atom. The number of carbonyl (C=O) groups excluding carboxylic acids is 2. The molecule has 1 aliphatic carbocycles. The van der Waals surface area contributed by atoms with Gasteiger partial charge in [0.15, 0.2) is 6.61 Å². The molecule has 0 spiro atoms. The minimum atomic E-state index is -0.634. The SMILES string of the molecule is N#Cc1ccccc1NC(=O)COC(=O)c1c2c(nc3ccccc13)/C(=C\c1ccc([N+](=O)[O-])cc1)CCC2. The number of hydrogen-bond acceptors (Lipinski definition) is 7. The zero-order valence-electron chi connectivity index (χ0n) is 20.7. The quantitative estimate of drug-likeness (QED) is 0.197. The average molecular weight is 519 g/mol. The first-order valence-electron chi connectivity index (χ1n) is 12.3. The molecule has 0 radical (unpaired) electrons. The van der Waals surface area contributed by atoms with E-state index in [1.807, 2.05) is 30.3 Å². The highest BCUT2D eigenvalue weighted by atomic mass is 16.6. The second-order valence-electron chi connectivity index (χ2n) is 8.98. The van der Waals surface area contributed by atoms with Crippen LogP contribution in [0.4, 0.5) is 11.4 Å². The van der Waals surface area contributed by atoms with Gasteiger partial charge in [0.25, 0.3) is 11.6 Å². The van der Waals surface area contributed by atoms with Gasteiger partial charge in [-0.3, -0.25) is 14.9 Å². The standard InChI is InChI=1S/C30H22N4O5/c31-17-21-6-1-3-10-25(21)32-27(35)18-39-30(36)28-23-8-2-4-11-26(23)33-29-20(7-5-9-24(28)29)16-19-12-14-22(15-13-19)34(37)38/h1-4,6,8,10-16H,5,7,9,18H2,(H,32,35)/b20-16-. The number of nitro groups is 1. The van der Waals surface area contributed by atoms with Crippen LogP contribution in [0.5, 0.6) is 0 Å². The number of nitrogens with one attached hydrogen (secondary N) is 1. The molecule has 4 aromatic rings. The predicted octanol–water partition coefficient (Wildman–Crippen LogP) is 5.69. The second-order valence-corrected chi connectivity index (χ2v) is 8.98. The molecular formula is C30H22N4O5. The molecule has 0 fully saturated rings. The van der Waals surface area contributed by atoms with Crippen molar-refractivity contribution < 1.29 is 19.2 Å². The van der Waals surface area contributed by atoms with Gasteiger partial charge in [0.1, 0.15) is 6.07 Å². The van der Waals surface area contributed by atoms with Crippen molar-refractivity contribution in [2.75, 3.05) is 11.9 Å². The number of para-hydroxylation sites is 2. The normalized spacial score (nSPS) is 13.4. The topological polar surface area (TPSA) is 135 Å². The fraction of sp³-hybridized carbons (Fsp3) is 0.133. The number of non-ortho nitro benzene ring substituents is 1. The Morgan fingerprint density at radius 1 is 1.05 bits per heavy atom. The lowest BCUT2D eigenvalue weighted by Gasteiger charge is -2.22. The number of carbonyl (C=O) groups is 2. The summed E-state index contributed by atoms with van der Waals surface area (Å²) in [6.45, 7) is -0.518. The van der Waals surface area contributed by atoms with Gasteiger partial charge in [-0.2, -0.15) is 5.26 Å². The van der Waals surface area contributed by atoms with Gasteiger partial charge in [0.2, 0.25) is 0 Å². The number of nitro benzene ring substituents is 1. The van der Waals surface area contributed by atoms with E-state index in [1.165, 1.54) is 12.1 Å². The third kappa shape index (κ3) is 5.36. The lowest BCUT2D eigenvalue weighted by Crippen LogP contribution is -2.23. The van der Waals surface area contributed by atoms with Crippen LogP contribution in [0.25, 0.3) is 22.6 Å². The van der Waals surface area contributed by atoms with Crippen LogP contribution in [0.1, 0.15) is 45.6 Å². The van der Waals surface area contributed by atoms with E-state index in [1.54, 1.807) is 42.5 Å². The highest BCUT2D eigenvalue weighted by Crippen LogP contribution is 2.36. The highest BCUT2D eigenvalue weighted by Gasteiger charge is 2.26. The summed E-state index contributed by atoms with van der Waals surface area (Å²) in [5, 5.41) is 23.5. The number of aromatic nitrogens is 1. The van der Waals surface area contributed by atoms with Crippen LogP contribution in [-0.4, -0.2) is 28.4 Å². The number of allylic oxidation sites excluding steroid dienone is 1. The molecule has 192 valence electrons. The number of benzene rings is 3. The number of nitriles is 1. The molecule has 1 aromatic heterocycles. The number of nitrogens with zero attached hydrogens (tertiary/aromatic N) is 3. The van der Waals surface area contributed by atoms with Crippen LogP contribution in [0, 0.1) is 21.4 Å². The van der Waals surface area contributed by atoms with Crippen molar-refractivity contribution in [3.05, 3.63) is 111 Å². The van der Waals surface area contributed by atoms with Crippen LogP contribution in [0.3, 0.4) is 0 Å². The van der Waals surface area contributed by atoms with E-state index in [2.05, 4.69) is 5.32 Å². The van der Waals surface area contributed by atoms with E-state index in [4.69, 9.17) is 9.72 Å². The van der Waals surface area contributed by atoms with E-state index < -0.39 is 23.4 Å². The molecule has 0 unspecified atom stereocenters. The molecule has 1 amide bonds. The lowest BCUT2D eigenvalue weighted by molar-refractivity contribution is -0.384. The number of fused-ring (bicyclic) bond motifs is 2. The van der Waals surface area contributed by atoms with Gasteiger partial charge in [-0.15, -0.1) is 0 Å². The van der Waals surface area contributed by atoms with Crippen molar-refractivity contribution in [2.24, 2.45) is 0 Å². The van der Waals surface area contributed by atoms with Gasteiger partial charge >= 0.3 is 5.97 Å². The Hall–Kier alpha value is -5.36. The fourth-order valence-electron chi connectivity index (χ4n) is 4.68. The Bertz CT molecular complexity index is 1690. The third-order valence-electron chi connectivity index (χ3n) is 6.48. The van der Waals surface area contributed by atoms with Crippen LogP contribution in [0.2, 0.25) is 0 Å². The molecule has 5 rings (SSSR count). The van der Waals surface area contributed by atoms with Crippen molar-refractivity contribution in [3.8, 4) is 6.07 Å². The van der Waals surface area contributed by atoms with Gasteiger partial charge in [0.05, 0.1) is 32.9 Å². The highest BCUT2D eigenvalue weighted by molar-refractivity contribution is 6.07. The first kappa shape index (κ1) is 25.3. The Morgan fingerprint density at radius 3 is 2.56 bits per heavy atom. The molecule has 0 atom stereocenters. The molecule has 0 saturated heterocycles. The zero-order chi connectivity index (χ0) is 27.4. The van der Waals surface area contributed by atoms with Crippen molar-refractivity contribution in [3.63, 3.8) is 0 Å². The molecule has 3 aromatic carbocycles. The van der Waals surface area contributed by atoms with Crippen LogP contribution >= 0.6 is 0 Å². The van der Waals surface area contributed by atoms with Gasteiger partial charge in [0, 0.05) is 17.5 Å². The van der Waals surface area contributed by atoms with E-state index >= 15 is 0 Å². The summed E-state index contributed by atoms with van der Waals surface area (Å²) >= 11 is 0. The summed E-state index contributed by atoms with van der Waals surface area (Å²) in [6.07, 6.45) is 4.04. The molecule has 1 aliphatic rings. The van der Waals surface area contributed by atoms with Gasteiger partial charge in [-0.1, -0.05) is 30.3 Å². The molecule has 1 N–H and O–H groups in total. The summed E-state index contributed by atoms with van der Waals surface area (Å²) in [6, 6.07) is 22.1. The van der Waals surface area contributed by atoms with E-state index in [9.17, 15) is 25.0 Å². The molecule has 0 bridgehead atoms. The number of pyridine rings is 1. The maximum atomic E-state index is 13.4. The number of esters is 1. The van der Waals surface area contributed by atoms with Crippen molar-refractivity contribution >= 4 is 45.8 Å². The summed E-state index contributed by atoms with van der Waals surface area (Å²) in [7, 11) is 0.